The van der Waals surface area contributed by atoms with Gasteiger partial charge in [0.05, 0.1) is 6.54 Å². The normalized spacial score (nSPS) is 10.1. The number of anilines is 1. The zero-order valence-corrected chi connectivity index (χ0v) is 12.1. The molecule has 0 saturated carbocycles. The molecule has 5 nitrogen and oxygen atoms in total. The molecule has 2 rings (SSSR count). The first-order valence-corrected chi connectivity index (χ1v) is 7.18. The fraction of sp³-hybridized carbons (Fsp3) is 0.214. The van der Waals surface area contributed by atoms with Gasteiger partial charge in [0.2, 0.25) is 11.0 Å². The first-order chi connectivity index (χ1) is 10.2. The van der Waals surface area contributed by atoms with Gasteiger partial charge in [-0.1, -0.05) is 35.6 Å². The summed E-state index contributed by atoms with van der Waals surface area (Å²) in [6.07, 6.45) is 1.99. The van der Waals surface area contributed by atoms with Crippen molar-refractivity contribution in [3.8, 4) is 0 Å². The maximum absolute atomic E-state index is 13.5. The molecule has 0 aliphatic carbocycles. The van der Waals surface area contributed by atoms with Crippen LogP contribution in [0.15, 0.2) is 36.9 Å². The van der Waals surface area contributed by atoms with Crippen LogP contribution in [0.4, 0.5) is 9.52 Å². The van der Waals surface area contributed by atoms with E-state index in [0.717, 1.165) is 0 Å². The molecule has 0 aliphatic rings. The minimum absolute atomic E-state index is 0.113. The van der Waals surface area contributed by atoms with E-state index in [9.17, 15) is 9.18 Å². The number of carbonyl (C=O) groups is 1. The molecule has 21 heavy (non-hydrogen) atoms. The highest BCUT2D eigenvalue weighted by Gasteiger charge is 2.08. The standard InChI is InChI=1S/C14H15FN4OS/c1-2-7-16-12(20)9-17-14-19-18-13(21-14)8-10-5-3-4-6-11(10)15/h2-6H,1,7-9H2,(H,16,20)(H,17,19). The van der Waals surface area contributed by atoms with Gasteiger partial charge in [-0.05, 0) is 11.6 Å². The van der Waals surface area contributed by atoms with Crippen LogP contribution in [0.3, 0.4) is 0 Å². The fourth-order valence-corrected chi connectivity index (χ4v) is 2.36. The molecule has 1 amide bonds. The topological polar surface area (TPSA) is 66.9 Å². The van der Waals surface area contributed by atoms with Crippen LogP contribution in [0.5, 0.6) is 0 Å². The maximum atomic E-state index is 13.5. The second kappa shape index (κ2) is 7.49. The predicted molar refractivity (Wildman–Crippen MR) is 80.8 cm³/mol. The number of hydrogen-bond donors (Lipinski definition) is 2. The van der Waals surface area contributed by atoms with Crippen molar-refractivity contribution in [2.24, 2.45) is 0 Å². The first-order valence-electron chi connectivity index (χ1n) is 6.36. The Morgan fingerprint density at radius 1 is 1.38 bits per heavy atom. The highest BCUT2D eigenvalue weighted by atomic mass is 32.1. The number of nitrogens with one attached hydrogen (secondary N) is 2. The quantitative estimate of drug-likeness (QED) is 0.768. The molecule has 0 aliphatic heterocycles. The van der Waals surface area contributed by atoms with Gasteiger partial charge in [-0.15, -0.1) is 16.8 Å². The Bertz CT molecular complexity index is 629. The Morgan fingerprint density at radius 3 is 2.95 bits per heavy atom. The van der Waals surface area contributed by atoms with Gasteiger partial charge in [-0.25, -0.2) is 4.39 Å². The van der Waals surface area contributed by atoms with Crippen LogP contribution in [0.2, 0.25) is 0 Å². The van der Waals surface area contributed by atoms with Crippen LogP contribution in [-0.4, -0.2) is 29.2 Å². The average molecular weight is 306 g/mol. The van der Waals surface area contributed by atoms with Gasteiger partial charge in [0.1, 0.15) is 10.8 Å². The molecule has 7 heteroatoms. The van der Waals surface area contributed by atoms with Gasteiger partial charge in [-0.2, -0.15) is 0 Å². The van der Waals surface area contributed by atoms with Crippen LogP contribution in [0.25, 0.3) is 0 Å². The summed E-state index contributed by atoms with van der Waals surface area (Å²) in [4.78, 5) is 11.4. The van der Waals surface area contributed by atoms with Crippen molar-refractivity contribution in [1.29, 1.82) is 0 Å². The summed E-state index contributed by atoms with van der Waals surface area (Å²) >= 11 is 1.30. The number of carbonyl (C=O) groups excluding carboxylic acids is 1. The lowest BCUT2D eigenvalue weighted by molar-refractivity contribution is -0.119. The second-order valence-electron chi connectivity index (χ2n) is 4.22. The van der Waals surface area contributed by atoms with Crippen molar-refractivity contribution in [2.45, 2.75) is 6.42 Å². The highest BCUT2D eigenvalue weighted by Crippen LogP contribution is 2.19. The molecule has 0 fully saturated rings. The molecular formula is C14H15FN4OS. The zero-order chi connectivity index (χ0) is 15.1. The first kappa shape index (κ1) is 15.1. The lowest BCUT2D eigenvalue weighted by Gasteiger charge is -2.02. The second-order valence-corrected chi connectivity index (χ2v) is 5.28. The number of amides is 1. The van der Waals surface area contributed by atoms with Gasteiger partial charge in [0.25, 0.3) is 0 Å². The van der Waals surface area contributed by atoms with E-state index >= 15 is 0 Å². The summed E-state index contributed by atoms with van der Waals surface area (Å²) in [5.74, 6) is -0.410. The number of hydrogen-bond acceptors (Lipinski definition) is 5. The van der Waals surface area contributed by atoms with E-state index in [1.54, 1.807) is 24.3 Å². The smallest absolute Gasteiger partial charge is 0.239 e. The Morgan fingerprint density at radius 2 is 2.19 bits per heavy atom. The molecule has 1 aromatic carbocycles. The number of halogens is 1. The molecule has 110 valence electrons. The Labute approximate surface area is 125 Å². The fourth-order valence-electron chi connectivity index (χ4n) is 1.61. The van der Waals surface area contributed by atoms with Crippen molar-refractivity contribution in [1.82, 2.24) is 15.5 Å². The summed E-state index contributed by atoms with van der Waals surface area (Å²) in [6.45, 7) is 4.05. The van der Waals surface area contributed by atoms with E-state index in [1.807, 2.05) is 0 Å². The Kier molecular flexibility index (Phi) is 5.39. The number of aromatic nitrogens is 2. The van der Waals surface area contributed by atoms with E-state index in [0.29, 0.717) is 28.7 Å². The maximum Gasteiger partial charge on any atom is 0.239 e. The molecule has 1 aromatic heterocycles. The van der Waals surface area contributed by atoms with E-state index in [1.165, 1.54) is 17.4 Å². The van der Waals surface area contributed by atoms with Crippen LogP contribution in [-0.2, 0) is 11.2 Å². The van der Waals surface area contributed by atoms with Crippen molar-refractivity contribution < 1.29 is 9.18 Å². The number of rotatable bonds is 7. The summed E-state index contributed by atoms with van der Waals surface area (Å²) in [5, 5.41) is 14.7. The zero-order valence-electron chi connectivity index (χ0n) is 11.3. The predicted octanol–water partition coefficient (Wildman–Crippen LogP) is 1.98. The van der Waals surface area contributed by atoms with Crippen LogP contribution < -0.4 is 10.6 Å². The van der Waals surface area contributed by atoms with E-state index in [-0.39, 0.29) is 18.3 Å². The average Bonchev–Trinajstić information content (AvgIpc) is 2.93. The van der Waals surface area contributed by atoms with Gasteiger partial charge >= 0.3 is 0 Å². The van der Waals surface area contributed by atoms with Crippen LogP contribution in [0.1, 0.15) is 10.6 Å². The third-order valence-electron chi connectivity index (χ3n) is 2.61. The molecule has 1 heterocycles. The summed E-state index contributed by atoms with van der Waals surface area (Å²) in [7, 11) is 0. The van der Waals surface area contributed by atoms with Crippen LogP contribution >= 0.6 is 11.3 Å². The number of benzene rings is 1. The Balaban J connectivity index is 1.88. The summed E-state index contributed by atoms with van der Waals surface area (Å²) in [6, 6.07) is 6.56. The van der Waals surface area contributed by atoms with Crippen LogP contribution in [0, 0.1) is 5.82 Å². The third kappa shape index (κ3) is 4.64. The molecule has 0 atom stereocenters. The lowest BCUT2D eigenvalue weighted by Crippen LogP contribution is -2.29. The molecule has 0 bridgehead atoms. The van der Waals surface area contributed by atoms with Gasteiger partial charge in [0, 0.05) is 13.0 Å². The Hall–Kier alpha value is -2.28. The van der Waals surface area contributed by atoms with E-state index in [4.69, 9.17) is 0 Å². The molecule has 0 spiro atoms. The summed E-state index contributed by atoms with van der Waals surface area (Å²) < 4.78 is 13.5. The molecule has 0 saturated heterocycles. The highest BCUT2D eigenvalue weighted by molar-refractivity contribution is 7.15. The largest absolute Gasteiger partial charge is 0.351 e. The lowest BCUT2D eigenvalue weighted by atomic mass is 10.1. The molecule has 2 N–H and O–H groups in total. The van der Waals surface area contributed by atoms with E-state index < -0.39 is 0 Å². The molecule has 0 unspecified atom stereocenters. The molecule has 2 aromatic rings. The van der Waals surface area contributed by atoms with Crippen molar-refractivity contribution >= 4 is 22.4 Å². The SMILES string of the molecule is C=CCNC(=O)CNc1nnc(Cc2ccccc2F)s1. The van der Waals surface area contributed by atoms with Crippen molar-refractivity contribution in [3.63, 3.8) is 0 Å². The van der Waals surface area contributed by atoms with Crippen molar-refractivity contribution in [3.05, 3.63) is 53.3 Å². The molecular weight excluding hydrogens is 291 g/mol. The third-order valence-corrected chi connectivity index (χ3v) is 3.49. The minimum Gasteiger partial charge on any atom is -0.351 e. The van der Waals surface area contributed by atoms with Gasteiger partial charge in [-0.3, -0.25) is 4.79 Å². The summed E-state index contributed by atoms with van der Waals surface area (Å²) in [5.41, 5.74) is 0.573. The van der Waals surface area contributed by atoms with Gasteiger partial charge in [0.15, 0.2) is 0 Å². The number of nitrogens with zero attached hydrogens (tertiary/aromatic N) is 2. The van der Waals surface area contributed by atoms with E-state index in [2.05, 4.69) is 27.4 Å². The minimum atomic E-state index is -0.258. The van der Waals surface area contributed by atoms with Crippen molar-refractivity contribution in [2.75, 3.05) is 18.4 Å². The molecule has 0 radical (unpaired) electrons. The monoisotopic (exact) mass is 306 g/mol. The van der Waals surface area contributed by atoms with Gasteiger partial charge < -0.3 is 10.6 Å².